The zero-order valence-corrected chi connectivity index (χ0v) is 28.2. The maximum Gasteiger partial charge on any atom is 0.490 e. The first-order chi connectivity index (χ1) is 22.5. The standard InChI is InChI=1S/C34H53N5O.C2HF3O2/c1-3-4-5-6-7-15-34(40)39(19-10-18-37-24-22-36(2)23-25-37)29-31-12-9-14-33(27-31)32-13-8-11-30(26-32)28-38-20-16-35-17-21-38;3-2(4,5)1(6)7/h8-9,11-14,26-27,35H,3-7,10,15-25,28-29H2,1-2H3;(H,6,7). The highest BCUT2D eigenvalue weighted by atomic mass is 19.4. The van der Waals surface area contributed by atoms with Gasteiger partial charge in [0.05, 0.1) is 0 Å². The molecule has 2 aromatic rings. The summed E-state index contributed by atoms with van der Waals surface area (Å²) in [5, 5.41) is 10.6. The number of unbranched alkanes of at least 4 members (excludes halogenated alkanes) is 4. The van der Waals surface area contributed by atoms with Crippen molar-refractivity contribution in [3.05, 3.63) is 59.7 Å². The molecule has 2 aliphatic heterocycles. The van der Waals surface area contributed by atoms with Crippen molar-refractivity contribution in [2.24, 2.45) is 0 Å². The van der Waals surface area contributed by atoms with Crippen LogP contribution >= 0.6 is 0 Å². The molecule has 0 atom stereocenters. The van der Waals surface area contributed by atoms with Gasteiger partial charge in [0.2, 0.25) is 5.91 Å². The van der Waals surface area contributed by atoms with E-state index in [0.29, 0.717) is 18.9 Å². The van der Waals surface area contributed by atoms with Gasteiger partial charge >= 0.3 is 12.1 Å². The van der Waals surface area contributed by atoms with Crippen molar-refractivity contribution in [1.82, 2.24) is 24.9 Å². The van der Waals surface area contributed by atoms with E-state index in [1.165, 1.54) is 41.5 Å². The van der Waals surface area contributed by atoms with Crippen LogP contribution in [0.25, 0.3) is 11.1 Å². The normalized spacial score (nSPS) is 16.4. The lowest BCUT2D eigenvalue weighted by atomic mass is 10.0. The van der Waals surface area contributed by atoms with Gasteiger partial charge in [-0.15, -0.1) is 0 Å². The number of hydrogen-bond donors (Lipinski definition) is 2. The van der Waals surface area contributed by atoms with Gasteiger partial charge in [0.1, 0.15) is 0 Å². The first-order valence-electron chi connectivity index (χ1n) is 17.1. The molecule has 0 saturated carbocycles. The molecule has 2 saturated heterocycles. The summed E-state index contributed by atoms with van der Waals surface area (Å²) in [7, 11) is 2.20. The third-order valence-electron chi connectivity index (χ3n) is 8.76. The Hall–Kier alpha value is -2.99. The number of nitrogens with zero attached hydrogens (tertiary/aromatic N) is 4. The number of aliphatic carboxylic acids is 1. The van der Waals surface area contributed by atoms with E-state index in [-0.39, 0.29) is 0 Å². The molecule has 2 aliphatic rings. The summed E-state index contributed by atoms with van der Waals surface area (Å²) < 4.78 is 31.7. The first kappa shape index (κ1) is 38.5. The number of carbonyl (C=O) groups excluding carboxylic acids is 1. The fraction of sp³-hybridized carbons (Fsp3) is 0.611. The van der Waals surface area contributed by atoms with Crippen molar-refractivity contribution >= 4 is 11.9 Å². The number of nitrogens with one attached hydrogen (secondary N) is 1. The molecule has 0 bridgehead atoms. The molecule has 11 heteroatoms. The summed E-state index contributed by atoms with van der Waals surface area (Å²) in [5.74, 6) is -2.44. The van der Waals surface area contributed by atoms with Crippen LogP contribution in [0.2, 0.25) is 0 Å². The highest BCUT2D eigenvalue weighted by Crippen LogP contribution is 2.24. The van der Waals surface area contributed by atoms with Crippen LogP contribution in [-0.2, 0) is 22.7 Å². The average Bonchev–Trinajstić information content (AvgIpc) is 3.05. The second-order valence-corrected chi connectivity index (χ2v) is 12.7. The highest BCUT2D eigenvalue weighted by molar-refractivity contribution is 5.76. The van der Waals surface area contributed by atoms with E-state index in [9.17, 15) is 18.0 Å². The quantitative estimate of drug-likeness (QED) is 0.237. The Balaban J connectivity index is 0.000000771. The topological polar surface area (TPSA) is 79.4 Å². The van der Waals surface area contributed by atoms with E-state index in [1.807, 2.05) is 0 Å². The van der Waals surface area contributed by atoms with Crippen molar-refractivity contribution in [3.63, 3.8) is 0 Å². The van der Waals surface area contributed by atoms with Crippen LogP contribution < -0.4 is 5.32 Å². The number of carbonyl (C=O) groups is 2. The maximum absolute atomic E-state index is 13.4. The van der Waals surface area contributed by atoms with Crippen LogP contribution in [0.5, 0.6) is 0 Å². The lowest BCUT2D eigenvalue weighted by Gasteiger charge is -2.33. The predicted octanol–water partition coefficient (Wildman–Crippen LogP) is 5.72. The summed E-state index contributed by atoms with van der Waals surface area (Å²) in [5.41, 5.74) is 5.10. The number of carboxylic acid groups (broad SMARTS) is 1. The average molecular weight is 662 g/mol. The molecule has 0 radical (unpaired) electrons. The van der Waals surface area contributed by atoms with Crippen LogP contribution in [0.4, 0.5) is 13.2 Å². The number of hydrogen-bond acceptors (Lipinski definition) is 6. The van der Waals surface area contributed by atoms with Crippen molar-refractivity contribution in [2.45, 2.75) is 71.1 Å². The molecule has 0 unspecified atom stereocenters. The van der Waals surface area contributed by atoms with E-state index >= 15 is 0 Å². The number of halogens is 3. The fourth-order valence-corrected chi connectivity index (χ4v) is 5.93. The number of rotatable bonds is 15. The lowest BCUT2D eigenvalue weighted by Crippen LogP contribution is -2.45. The summed E-state index contributed by atoms with van der Waals surface area (Å²) in [6, 6.07) is 17.9. The SMILES string of the molecule is CCCCCCCC(=O)N(CCCN1CCN(C)CC1)Cc1cccc(-c2cccc(CN3CCNCC3)c2)c1.O=C(O)C(F)(F)F. The highest BCUT2D eigenvalue weighted by Gasteiger charge is 2.38. The number of likely N-dealkylation sites (N-methyl/N-ethyl adjacent to an activating group) is 1. The smallest absolute Gasteiger partial charge is 0.475 e. The molecule has 2 heterocycles. The van der Waals surface area contributed by atoms with Crippen LogP contribution in [0.3, 0.4) is 0 Å². The zero-order valence-electron chi connectivity index (χ0n) is 28.2. The van der Waals surface area contributed by atoms with Gasteiger partial charge < -0.3 is 25.1 Å². The monoisotopic (exact) mass is 661 g/mol. The minimum absolute atomic E-state index is 0.318. The third kappa shape index (κ3) is 14.8. The van der Waals surface area contributed by atoms with E-state index in [1.54, 1.807) is 0 Å². The number of carboxylic acids is 1. The van der Waals surface area contributed by atoms with Crippen molar-refractivity contribution < 1.29 is 27.9 Å². The van der Waals surface area contributed by atoms with Gasteiger partial charge in [-0.2, -0.15) is 13.2 Å². The summed E-state index contributed by atoms with van der Waals surface area (Å²) in [6.45, 7) is 14.8. The van der Waals surface area contributed by atoms with Gasteiger partial charge in [-0.3, -0.25) is 9.69 Å². The Morgan fingerprint density at radius 3 is 2.04 bits per heavy atom. The Bertz CT molecular complexity index is 1210. The van der Waals surface area contributed by atoms with E-state index in [0.717, 1.165) is 91.3 Å². The number of benzene rings is 2. The largest absolute Gasteiger partial charge is 0.490 e. The molecule has 2 fully saturated rings. The number of piperazine rings is 2. The summed E-state index contributed by atoms with van der Waals surface area (Å²) in [4.78, 5) is 31.9. The number of amides is 1. The molecule has 0 aromatic heterocycles. The van der Waals surface area contributed by atoms with Gasteiger partial charge in [-0.05, 0) is 60.8 Å². The number of alkyl halides is 3. The fourth-order valence-electron chi connectivity index (χ4n) is 5.93. The van der Waals surface area contributed by atoms with E-state index < -0.39 is 12.1 Å². The van der Waals surface area contributed by atoms with Crippen molar-refractivity contribution in [2.75, 3.05) is 72.5 Å². The molecule has 2 aromatic carbocycles. The van der Waals surface area contributed by atoms with Crippen molar-refractivity contribution in [1.29, 1.82) is 0 Å². The molecule has 4 rings (SSSR count). The second kappa shape index (κ2) is 20.4. The van der Waals surface area contributed by atoms with Gasteiger partial charge in [-0.25, -0.2) is 4.79 Å². The van der Waals surface area contributed by atoms with Gasteiger partial charge in [0, 0.05) is 78.4 Å². The predicted molar refractivity (Wildman–Crippen MR) is 181 cm³/mol. The van der Waals surface area contributed by atoms with E-state index in [2.05, 4.69) is 87.4 Å². The molecular formula is C36H54F3N5O3. The maximum atomic E-state index is 13.4. The van der Waals surface area contributed by atoms with Gasteiger partial charge in [0.15, 0.2) is 0 Å². The Kier molecular flexibility index (Phi) is 16.7. The Morgan fingerprint density at radius 2 is 1.43 bits per heavy atom. The molecule has 0 aliphatic carbocycles. The Morgan fingerprint density at radius 1 is 0.830 bits per heavy atom. The lowest BCUT2D eigenvalue weighted by molar-refractivity contribution is -0.192. The van der Waals surface area contributed by atoms with E-state index in [4.69, 9.17) is 9.90 Å². The second-order valence-electron chi connectivity index (χ2n) is 12.7. The molecule has 2 N–H and O–H groups in total. The first-order valence-corrected chi connectivity index (χ1v) is 17.1. The minimum atomic E-state index is -5.08. The summed E-state index contributed by atoms with van der Waals surface area (Å²) in [6.07, 6.45) is 2.55. The van der Waals surface area contributed by atoms with Gasteiger partial charge in [0.25, 0.3) is 0 Å². The molecular weight excluding hydrogens is 607 g/mol. The van der Waals surface area contributed by atoms with Crippen LogP contribution in [-0.4, -0.2) is 115 Å². The summed E-state index contributed by atoms with van der Waals surface area (Å²) >= 11 is 0. The van der Waals surface area contributed by atoms with Crippen molar-refractivity contribution in [3.8, 4) is 11.1 Å². The molecule has 262 valence electrons. The van der Waals surface area contributed by atoms with Gasteiger partial charge in [-0.1, -0.05) is 69.0 Å². The molecule has 1 amide bonds. The Labute approximate surface area is 278 Å². The zero-order chi connectivity index (χ0) is 34.1. The molecule has 47 heavy (non-hydrogen) atoms. The molecule has 0 spiro atoms. The van der Waals surface area contributed by atoms with Crippen LogP contribution in [0, 0.1) is 0 Å². The minimum Gasteiger partial charge on any atom is -0.475 e. The van der Waals surface area contributed by atoms with Crippen LogP contribution in [0.15, 0.2) is 48.5 Å². The molecule has 8 nitrogen and oxygen atoms in total. The van der Waals surface area contributed by atoms with Crippen LogP contribution in [0.1, 0.15) is 63.0 Å². The third-order valence-corrected chi connectivity index (χ3v) is 8.76.